The Morgan fingerprint density at radius 2 is 1.93 bits per heavy atom. The fourth-order valence-electron chi connectivity index (χ4n) is 2.45. The number of pyridine rings is 1. The van der Waals surface area contributed by atoms with Gasteiger partial charge in [0.2, 0.25) is 5.88 Å². The van der Waals surface area contributed by atoms with Gasteiger partial charge in [-0.15, -0.1) is 24.0 Å². The summed E-state index contributed by atoms with van der Waals surface area (Å²) in [6.45, 7) is 3.85. The first-order valence-electron chi connectivity index (χ1n) is 9.18. The predicted octanol–water partition coefficient (Wildman–Crippen LogP) is 4.00. The van der Waals surface area contributed by atoms with Crippen LogP contribution in [0.25, 0.3) is 0 Å². The Labute approximate surface area is 191 Å². The van der Waals surface area contributed by atoms with Gasteiger partial charge in [0.1, 0.15) is 6.61 Å². The number of hydrogen-bond acceptors (Lipinski definition) is 4. The minimum atomic E-state index is -4.37. The van der Waals surface area contributed by atoms with Gasteiger partial charge in [-0.1, -0.05) is 18.2 Å². The predicted molar refractivity (Wildman–Crippen MR) is 120 cm³/mol. The van der Waals surface area contributed by atoms with E-state index in [9.17, 15) is 13.2 Å². The minimum absolute atomic E-state index is 0. The number of guanidine groups is 1. The van der Waals surface area contributed by atoms with Crippen molar-refractivity contribution in [2.75, 3.05) is 26.9 Å². The third kappa shape index (κ3) is 8.74. The Bertz CT molecular complexity index is 804. The zero-order chi connectivity index (χ0) is 21.1. The average Bonchev–Trinajstić information content (AvgIpc) is 2.71. The summed E-state index contributed by atoms with van der Waals surface area (Å²) in [5, 5.41) is 6.22. The van der Waals surface area contributed by atoms with E-state index < -0.39 is 11.7 Å². The Morgan fingerprint density at radius 1 is 1.13 bits per heavy atom. The van der Waals surface area contributed by atoms with Gasteiger partial charge >= 0.3 is 6.18 Å². The van der Waals surface area contributed by atoms with E-state index in [0.29, 0.717) is 43.7 Å². The molecule has 2 N–H and O–H groups in total. The molecule has 0 atom stereocenters. The number of ether oxygens (including phenoxy) is 2. The number of rotatable bonds is 9. The van der Waals surface area contributed by atoms with Crippen molar-refractivity contribution in [3.8, 4) is 5.88 Å². The fourth-order valence-corrected chi connectivity index (χ4v) is 2.45. The van der Waals surface area contributed by atoms with Gasteiger partial charge in [0.05, 0.1) is 18.7 Å². The summed E-state index contributed by atoms with van der Waals surface area (Å²) in [5.74, 6) is 0.974. The highest BCUT2D eigenvalue weighted by Gasteiger charge is 2.30. The number of nitrogens with zero attached hydrogens (tertiary/aromatic N) is 2. The van der Waals surface area contributed by atoms with Crippen LogP contribution in [0.3, 0.4) is 0 Å². The van der Waals surface area contributed by atoms with E-state index in [2.05, 4.69) is 20.6 Å². The normalized spacial score (nSPS) is 11.6. The van der Waals surface area contributed by atoms with Gasteiger partial charge in [-0.2, -0.15) is 13.2 Å². The molecule has 0 bridgehead atoms. The van der Waals surface area contributed by atoms with Crippen LogP contribution in [0.1, 0.15) is 23.6 Å². The molecule has 0 unspecified atom stereocenters. The second-order valence-corrected chi connectivity index (χ2v) is 6.06. The van der Waals surface area contributed by atoms with Crippen molar-refractivity contribution in [3.05, 3.63) is 59.3 Å². The highest BCUT2D eigenvalue weighted by molar-refractivity contribution is 14.0. The summed E-state index contributed by atoms with van der Waals surface area (Å²) in [7, 11) is 1.59. The summed E-state index contributed by atoms with van der Waals surface area (Å²) >= 11 is 0. The van der Waals surface area contributed by atoms with Gasteiger partial charge in [-0.05, 0) is 30.7 Å². The van der Waals surface area contributed by atoms with Gasteiger partial charge in [0, 0.05) is 32.0 Å². The average molecular weight is 538 g/mol. The first-order chi connectivity index (χ1) is 13.9. The SMILES string of the molecule is CCNC(=NCc1cccc(C(F)(F)F)c1)NCc1cccnc1OCCOC.I. The lowest BCUT2D eigenvalue weighted by molar-refractivity contribution is -0.137. The molecule has 2 aromatic rings. The lowest BCUT2D eigenvalue weighted by Crippen LogP contribution is -2.37. The zero-order valence-corrected chi connectivity index (χ0v) is 19.2. The molecule has 30 heavy (non-hydrogen) atoms. The molecule has 0 aliphatic rings. The maximum absolute atomic E-state index is 12.9. The fraction of sp³-hybridized carbons (Fsp3) is 0.400. The van der Waals surface area contributed by atoms with Crippen LogP contribution in [0.5, 0.6) is 5.88 Å². The van der Waals surface area contributed by atoms with E-state index in [1.54, 1.807) is 25.4 Å². The molecule has 1 aromatic heterocycles. The van der Waals surface area contributed by atoms with Crippen LogP contribution >= 0.6 is 24.0 Å². The number of hydrogen-bond donors (Lipinski definition) is 2. The summed E-state index contributed by atoms with van der Waals surface area (Å²) in [6.07, 6.45) is -2.74. The van der Waals surface area contributed by atoms with E-state index in [1.165, 1.54) is 6.07 Å². The van der Waals surface area contributed by atoms with Crippen LogP contribution in [0.15, 0.2) is 47.6 Å². The van der Waals surface area contributed by atoms with Crippen molar-refractivity contribution in [1.82, 2.24) is 15.6 Å². The standard InChI is InChI=1S/C20H25F3N4O2.HI/c1-3-24-19(26-13-15-6-4-8-17(12-15)20(21,22)23)27-14-16-7-5-9-25-18(16)29-11-10-28-2;/h4-9,12H,3,10-11,13-14H2,1-2H3,(H2,24,26,27);1H. The van der Waals surface area contributed by atoms with Gasteiger partial charge in [0.15, 0.2) is 5.96 Å². The van der Waals surface area contributed by atoms with Gasteiger partial charge in [-0.3, -0.25) is 0 Å². The Morgan fingerprint density at radius 3 is 2.63 bits per heavy atom. The number of benzene rings is 1. The molecule has 0 aliphatic carbocycles. The quantitative estimate of drug-likeness (QED) is 0.219. The van der Waals surface area contributed by atoms with Crippen LogP contribution in [0, 0.1) is 0 Å². The lowest BCUT2D eigenvalue weighted by atomic mass is 10.1. The number of alkyl halides is 3. The molecular formula is C20H26F3IN4O2. The molecule has 0 saturated carbocycles. The molecule has 10 heteroatoms. The summed E-state index contributed by atoms with van der Waals surface area (Å²) in [6, 6.07) is 8.82. The number of halogens is 4. The van der Waals surface area contributed by atoms with Crippen LogP contribution in [-0.2, 0) is 24.0 Å². The van der Waals surface area contributed by atoms with Crippen molar-refractivity contribution in [2.24, 2.45) is 4.99 Å². The van der Waals surface area contributed by atoms with Gasteiger partial charge in [-0.25, -0.2) is 9.98 Å². The highest BCUT2D eigenvalue weighted by atomic mass is 127. The minimum Gasteiger partial charge on any atom is -0.475 e. The Kier molecular flexibility index (Phi) is 11.5. The monoisotopic (exact) mass is 538 g/mol. The summed E-state index contributed by atoms with van der Waals surface area (Å²) < 4.78 is 49.1. The number of aliphatic imine (C=N–C) groups is 1. The van der Waals surface area contributed by atoms with Crippen molar-refractivity contribution in [3.63, 3.8) is 0 Å². The van der Waals surface area contributed by atoms with Gasteiger partial charge < -0.3 is 20.1 Å². The molecule has 0 radical (unpaired) electrons. The van der Waals surface area contributed by atoms with Crippen LogP contribution in [0.2, 0.25) is 0 Å². The molecule has 1 aromatic carbocycles. The number of nitrogens with one attached hydrogen (secondary N) is 2. The molecule has 0 saturated heterocycles. The zero-order valence-electron chi connectivity index (χ0n) is 16.8. The van der Waals surface area contributed by atoms with Crippen LogP contribution in [-0.4, -0.2) is 37.8 Å². The molecule has 1 heterocycles. The third-order valence-corrected chi connectivity index (χ3v) is 3.84. The van der Waals surface area contributed by atoms with E-state index >= 15 is 0 Å². The first-order valence-corrected chi connectivity index (χ1v) is 9.18. The third-order valence-electron chi connectivity index (χ3n) is 3.84. The molecule has 166 valence electrons. The summed E-state index contributed by atoms with van der Waals surface area (Å²) in [4.78, 5) is 8.59. The largest absolute Gasteiger partial charge is 0.475 e. The van der Waals surface area contributed by atoms with E-state index in [0.717, 1.165) is 17.7 Å². The Hall–Kier alpha value is -2.08. The maximum atomic E-state index is 12.9. The molecule has 2 rings (SSSR count). The van der Waals surface area contributed by atoms with Crippen molar-refractivity contribution < 1.29 is 22.6 Å². The first kappa shape index (κ1) is 26.0. The smallest absolute Gasteiger partial charge is 0.416 e. The van der Waals surface area contributed by atoms with E-state index in [1.807, 2.05) is 13.0 Å². The maximum Gasteiger partial charge on any atom is 0.416 e. The number of methoxy groups -OCH3 is 1. The van der Waals surface area contributed by atoms with E-state index in [4.69, 9.17) is 9.47 Å². The van der Waals surface area contributed by atoms with Crippen LogP contribution in [0.4, 0.5) is 13.2 Å². The Balaban J connectivity index is 0.00000450. The molecular weight excluding hydrogens is 512 g/mol. The van der Waals surface area contributed by atoms with Crippen molar-refractivity contribution in [1.29, 1.82) is 0 Å². The highest BCUT2D eigenvalue weighted by Crippen LogP contribution is 2.29. The molecule has 0 fully saturated rings. The summed E-state index contributed by atoms with van der Waals surface area (Å²) in [5.41, 5.74) is 0.617. The second-order valence-electron chi connectivity index (χ2n) is 6.06. The van der Waals surface area contributed by atoms with Crippen molar-refractivity contribution in [2.45, 2.75) is 26.2 Å². The second kappa shape index (κ2) is 13.3. The van der Waals surface area contributed by atoms with Gasteiger partial charge in [0.25, 0.3) is 0 Å². The molecule has 0 spiro atoms. The van der Waals surface area contributed by atoms with Crippen molar-refractivity contribution >= 4 is 29.9 Å². The molecule has 6 nitrogen and oxygen atoms in total. The number of aromatic nitrogens is 1. The molecule has 0 aliphatic heterocycles. The van der Waals surface area contributed by atoms with Crippen LogP contribution < -0.4 is 15.4 Å². The topological polar surface area (TPSA) is 67.8 Å². The van der Waals surface area contributed by atoms with E-state index in [-0.39, 0.29) is 30.5 Å². The lowest BCUT2D eigenvalue weighted by Gasteiger charge is -2.14. The molecule has 0 amide bonds.